The number of para-hydroxylation sites is 1. The van der Waals surface area contributed by atoms with Crippen molar-refractivity contribution in [2.45, 2.75) is 20.8 Å². The maximum Gasteiger partial charge on any atom is 0.280 e. The first-order valence-corrected chi connectivity index (χ1v) is 8.70. The summed E-state index contributed by atoms with van der Waals surface area (Å²) in [4.78, 5) is 12.8. The molecule has 0 aliphatic carbocycles. The van der Waals surface area contributed by atoms with Crippen molar-refractivity contribution in [3.05, 3.63) is 59.7 Å². The predicted molar refractivity (Wildman–Crippen MR) is 104 cm³/mol. The first-order valence-electron chi connectivity index (χ1n) is 8.70. The van der Waals surface area contributed by atoms with Gasteiger partial charge in [0.25, 0.3) is 5.91 Å². The van der Waals surface area contributed by atoms with Gasteiger partial charge < -0.3 is 9.47 Å². The Hall–Kier alpha value is -3.08. The Morgan fingerprint density at radius 2 is 1.77 bits per heavy atom. The summed E-state index contributed by atoms with van der Waals surface area (Å²) in [5.74, 6) is 1.28. The monoisotopic (exact) mass is 350 g/mol. The van der Waals surface area contributed by atoms with Gasteiger partial charge in [0.2, 0.25) is 0 Å². The van der Waals surface area contributed by atoms with E-state index in [4.69, 9.17) is 9.47 Å². The van der Waals surface area contributed by atoms with E-state index in [1.54, 1.807) is 0 Å². The molecule has 2 aromatic carbocycles. The summed E-state index contributed by atoms with van der Waals surface area (Å²) >= 11 is 0. The molecular weight excluding hydrogens is 328 g/mol. The third-order valence-electron chi connectivity index (χ3n) is 3.96. The van der Waals surface area contributed by atoms with Gasteiger partial charge in [-0.2, -0.15) is 10.1 Å². The van der Waals surface area contributed by atoms with E-state index in [9.17, 15) is 4.79 Å². The lowest BCUT2D eigenvalue weighted by Crippen LogP contribution is -2.21. The van der Waals surface area contributed by atoms with Crippen molar-refractivity contribution >= 4 is 23.4 Å². The molecule has 3 rings (SSSR count). The molecule has 1 amide bonds. The quantitative estimate of drug-likeness (QED) is 0.730. The van der Waals surface area contributed by atoms with E-state index in [0.29, 0.717) is 30.2 Å². The van der Waals surface area contributed by atoms with Crippen LogP contribution in [0.15, 0.2) is 59.2 Å². The lowest BCUT2D eigenvalue weighted by atomic mass is 10.1. The van der Waals surface area contributed by atoms with E-state index < -0.39 is 0 Å². The summed E-state index contributed by atoms with van der Waals surface area (Å²) in [6.45, 7) is 6.81. The van der Waals surface area contributed by atoms with Crippen LogP contribution in [-0.4, -0.2) is 24.8 Å². The fourth-order valence-electron chi connectivity index (χ4n) is 2.75. The second-order valence-electron chi connectivity index (χ2n) is 5.76. The molecule has 26 heavy (non-hydrogen) atoms. The van der Waals surface area contributed by atoms with Gasteiger partial charge in [0.05, 0.1) is 30.2 Å². The van der Waals surface area contributed by atoms with Crippen molar-refractivity contribution in [3.63, 3.8) is 0 Å². The Morgan fingerprint density at radius 1 is 1.04 bits per heavy atom. The second-order valence-corrected chi connectivity index (χ2v) is 5.76. The van der Waals surface area contributed by atoms with E-state index in [0.717, 1.165) is 17.0 Å². The molecule has 2 aromatic rings. The van der Waals surface area contributed by atoms with Crippen LogP contribution in [0.1, 0.15) is 26.3 Å². The molecule has 134 valence electrons. The maximum absolute atomic E-state index is 12.8. The molecule has 0 atom stereocenters. The number of hydrazone groups is 1. The van der Waals surface area contributed by atoms with Crippen LogP contribution < -0.4 is 14.5 Å². The fourth-order valence-corrected chi connectivity index (χ4v) is 2.75. The number of anilines is 1. The van der Waals surface area contributed by atoms with Crippen molar-refractivity contribution in [1.29, 1.82) is 0 Å². The average Bonchev–Trinajstić information content (AvgIpc) is 2.93. The first kappa shape index (κ1) is 17.7. The van der Waals surface area contributed by atoms with Gasteiger partial charge in [-0.25, -0.2) is 0 Å². The molecule has 0 fully saturated rings. The highest BCUT2D eigenvalue weighted by molar-refractivity contribution is 6.32. The van der Waals surface area contributed by atoms with Crippen LogP contribution in [0.4, 0.5) is 5.69 Å². The second kappa shape index (κ2) is 7.87. The van der Waals surface area contributed by atoms with Gasteiger partial charge in [0.1, 0.15) is 11.5 Å². The zero-order valence-electron chi connectivity index (χ0n) is 15.2. The number of hydrogen-bond donors (Lipinski definition) is 0. The molecule has 0 aromatic heterocycles. The zero-order valence-corrected chi connectivity index (χ0v) is 15.2. The van der Waals surface area contributed by atoms with E-state index in [1.165, 1.54) is 5.01 Å². The number of rotatable bonds is 6. The molecule has 0 spiro atoms. The van der Waals surface area contributed by atoms with Gasteiger partial charge in [-0.05, 0) is 51.1 Å². The summed E-state index contributed by atoms with van der Waals surface area (Å²) in [5.41, 5.74) is 2.80. The summed E-state index contributed by atoms with van der Waals surface area (Å²) in [7, 11) is 0. The van der Waals surface area contributed by atoms with Crippen molar-refractivity contribution in [1.82, 2.24) is 0 Å². The Bertz CT molecular complexity index is 857. The van der Waals surface area contributed by atoms with Crippen molar-refractivity contribution in [3.8, 4) is 11.5 Å². The minimum absolute atomic E-state index is 0.148. The Balaban J connectivity index is 1.95. The molecule has 1 aliphatic rings. The van der Waals surface area contributed by atoms with Gasteiger partial charge in [0, 0.05) is 11.6 Å². The molecule has 0 unspecified atom stereocenters. The Morgan fingerprint density at radius 3 is 2.46 bits per heavy atom. The first-order chi connectivity index (χ1) is 12.6. The molecule has 0 saturated carbocycles. The van der Waals surface area contributed by atoms with Crippen molar-refractivity contribution < 1.29 is 14.3 Å². The number of carbonyl (C=O) groups is 1. The highest BCUT2D eigenvalue weighted by atomic mass is 16.5. The van der Waals surface area contributed by atoms with Gasteiger partial charge >= 0.3 is 0 Å². The molecule has 5 heteroatoms. The summed E-state index contributed by atoms with van der Waals surface area (Å²) < 4.78 is 11.3. The number of hydrogen-bond acceptors (Lipinski definition) is 4. The molecule has 1 aliphatic heterocycles. The molecular formula is C21H22N2O3. The van der Waals surface area contributed by atoms with Gasteiger partial charge in [-0.15, -0.1) is 0 Å². The van der Waals surface area contributed by atoms with Crippen molar-refractivity contribution in [2.75, 3.05) is 18.2 Å². The van der Waals surface area contributed by atoms with Crippen LogP contribution in [0.2, 0.25) is 0 Å². The van der Waals surface area contributed by atoms with Crippen LogP contribution in [-0.2, 0) is 4.79 Å². The fraction of sp³-hybridized carbons (Fsp3) is 0.238. The maximum atomic E-state index is 12.8. The highest BCUT2D eigenvalue weighted by Gasteiger charge is 2.28. The standard InChI is InChI=1S/C21H22N2O3/c1-4-25-18-12-11-16(20(14-18)26-5-2)13-19-15(3)22-23(21(19)24)17-9-7-6-8-10-17/h6-14H,4-5H2,1-3H3. The van der Waals surface area contributed by atoms with Gasteiger partial charge in [0.15, 0.2) is 0 Å². The largest absolute Gasteiger partial charge is 0.494 e. The third kappa shape index (κ3) is 3.61. The summed E-state index contributed by atoms with van der Waals surface area (Å²) in [6, 6.07) is 15.0. The van der Waals surface area contributed by atoms with Crippen LogP contribution in [0.3, 0.4) is 0 Å². The SMILES string of the molecule is CCOc1ccc(C=C2C(=O)N(c3ccccc3)N=C2C)c(OCC)c1. The highest BCUT2D eigenvalue weighted by Crippen LogP contribution is 2.30. The van der Waals surface area contributed by atoms with E-state index in [1.807, 2.05) is 75.4 Å². The zero-order chi connectivity index (χ0) is 18.5. The molecule has 1 heterocycles. The predicted octanol–water partition coefficient (Wildman–Crippen LogP) is 4.29. The van der Waals surface area contributed by atoms with Crippen LogP contribution >= 0.6 is 0 Å². The summed E-state index contributed by atoms with van der Waals surface area (Å²) in [5, 5.41) is 5.83. The van der Waals surface area contributed by atoms with Crippen molar-refractivity contribution in [2.24, 2.45) is 5.10 Å². The molecule has 5 nitrogen and oxygen atoms in total. The topological polar surface area (TPSA) is 51.1 Å². The van der Waals surface area contributed by atoms with E-state index in [2.05, 4.69) is 5.10 Å². The smallest absolute Gasteiger partial charge is 0.280 e. The van der Waals surface area contributed by atoms with Gasteiger partial charge in [-0.1, -0.05) is 18.2 Å². The minimum Gasteiger partial charge on any atom is -0.494 e. The average molecular weight is 350 g/mol. The molecule has 0 N–H and O–H groups in total. The lowest BCUT2D eigenvalue weighted by molar-refractivity contribution is -0.114. The lowest BCUT2D eigenvalue weighted by Gasteiger charge is -2.12. The van der Waals surface area contributed by atoms with Gasteiger partial charge in [-0.3, -0.25) is 4.79 Å². The number of benzene rings is 2. The van der Waals surface area contributed by atoms with Crippen LogP contribution in [0.25, 0.3) is 6.08 Å². The number of carbonyl (C=O) groups excluding carboxylic acids is 1. The molecule has 0 bridgehead atoms. The molecule has 0 saturated heterocycles. The summed E-state index contributed by atoms with van der Waals surface area (Å²) in [6.07, 6.45) is 1.82. The van der Waals surface area contributed by atoms with E-state index in [-0.39, 0.29) is 5.91 Å². The van der Waals surface area contributed by atoms with Crippen LogP contribution in [0.5, 0.6) is 11.5 Å². The Kier molecular flexibility index (Phi) is 5.37. The third-order valence-corrected chi connectivity index (χ3v) is 3.96. The number of ether oxygens (including phenoxy) is 2. The van der Waals surface area contributed by atoms with E-state index >= 15 is 0 Å². The number of amides is 1. The normalized spacial score (nSPS) is 15.3. The number of nitrogens with zero attached hydrogens (tertiary/aromatic N) is 2. The minimum atomic E-state index is -0.148. The Labute approximate surface area is 153 Å². The van der Waals surface area contributed by atoms with Crippen LogP contribution in [0, 0.1) is 0 Å². The molecule has 0 radical (unpaired) electrons.